The van der Waals surface area contributed by atoms with E-state index in [0.717, 1.165) is 25.7 Å². The van der Waals surface area contributed by atoms with Gasteiger partial charge in [0.2, 0.25) is 0 Å². The van der Waals surface area contributed by atoms with Gasteiger partial charge >= 0.3 is 0 Å². The van der Waals surface area contributed by atoms with Crippen LogP contribution in [0.5, 0.6) is 0 Å². The smallest absolute Gasteiger partial charge is 0.133 e. The van der Waals surface area contributed by atoms with Crippen molar-refractivity contribution in [3.8, 4) is 0 Å². The van der Waals surface area contributed by atoms with E-state index in [-0.39, 0.29) is 11.4 Å². The molecular weight excluding hydrogens is 236 g/mol. The number of halogens is 1. The molecule has 17 heavy (non-hydrogen) atoms. The maximum absolute atomic E-state index is 8.19. The predicted molar refractivity (Wildman–Crippen MR) is 69.4 cm³/mol. The van der Waals surface area contributed by atoms with Crippen LogP contribution in [-0.2, 0) is 0 Å². The summed E-state index contributed by atoms with van der Waals surface area (Å²) in [7, 11) is 0. The van der Waals surface area contributed by atoms with Gasteiger partial charge in [-0.15, -0.1) is 0 Å². The standard InChI is InChI=1S/C12H17ClN4/c13-10-6-9(14)7-11(15)17(10)12(16)8-4-2-1-3-5-8/h6-8,15-16H,1-5,14H2. The number of anilines is 1. The summed E-state index contributed by atoms with van der Waals surface area (Å²) in [5.41, 5.74) is 6.27. The van der Waals surface area contributed by atoms with Crippen LogP contribution in [0.15, 0.2) is 12.1 Å². The molecule has 0 bridgehead atoms. The van der Waals surface area contributed by atoms with Gasteiger partial charge < -0.3 is 5.73 Å². The summed E-state index contributed by atoms with van der Waals surface area (Å²) in [6.45, 7) is 0. The third-order valence-corrected chi connectivity index (χ3v) is 3.55. The molecule has 0 unspecified atom stereocenters. The predicted octanol–water partition coefficient (Wildman–Crippen LogP) is 2.61. The Bertz CT molecular complexity index is 486. The highest BCUT2D eigenvalue weighted by atomic mass is 35.5. The van der Waals surface area contributed by atoms with Gasteiger partial charge in [-0.2, -0.15) is 0 Å². The molecule has 0 aromatic carbocycles. The number of rotatable bonds is 1. The number of hydrogen-bond acceptors (Lipinski definition) is 3. The van der Waals surface area contributed by atoms with Crippen LogP contribution in [0.2, 0.25) is 5.15 Å². The number of nitrogens with two attached hydrogens (primary N) is 1. The summed E-state index contributed by atoms with van der Waals surface area (Å²) in [6, 6.07) is 3.13. The van der Waals surface area contributed by atoms with E-state index in [1.54, 1.807) is 6.07 Å². The van der Waals surface area contributed by atoms with Crippen molar-refractivity contribution in [2.24, 2.45) is 5.92 Å². The first kappa shape index (κ1) is 12.2. The number of nitrogens with zero attached hydrogens (tertiary/aromatic N) is 1. The van der Waals surface area contributed by atoms with Gasteiger partial charge in [0.15, 0.2) is 0 Å². The molecule has 1 heterocycles. The normalized spacial score (nSPS) is 17.0. The third-order valence-electron chi connectivity index (χ3n) is 3.28. The van der Waals surface area contributed by atoms with E-state index in [1.807, 2.05) is 0 Å². The summed E-state index contributed by atoms with van der Waals surface area (Å²) in [4.78, 5) is 0. The molecule has 1 aliphatic carbocycles. The molecular formula is C12H17ClN4. The lowest BCUT2D eigenvalue weighted by atomic mass is 9.88. The second-order valence-electron chi connectivity index (χ2n) is 4.55. The monoisotopic (exact) mass is 252 g/mol. The van der Waals surface area contributed by atoms with Crippen LogP contribution >= 0.6 is 11.6 Å². The minimum Gasteiger partial charge on any atom is -0.399 e. The van der Waals surface area contributed by atoms with Gasteiger partial charge in [-0.3, -0.25) is 15.4 Å². The molecule has 1 saturated carbocycles. The average Bonchev–Trinajstić information content (AvgIpc) is 2.28. The zero-order valence-corrected chi connectivity index (χ0v) is 10.4. The fraction of sp³-hybridized carbons (Fsp3) is 0.500. The molecule has 0 atom stereocenters. The van der Waals surface area contributed by atoms with Crippen LogP contribution in [0.1, 0.15) is 32.1 Å². The zero-order chi connectivity index (χ0) is 12.4. The van der Waals surface area contributed by atoms with Crippen molar-refractivity contribution in [1.82, 2.24) is 4.57 Å². The Morgan fingerprint density at radius 3 is 2.53 bits per heavy atom. The Labute approximate surface area is 105 Å². The van der Waals surface area contributed by atoms with Crippen LogP contribution in [0.3, 0.4) is 0 Å². The molecule has 2 rings (SSSR count). The van der Waals surface area contributed by atoms with Crippen LogP contribution < -0.4 is 11.2 Å². The van der Waals surface area contributed by atoms with Gasteiger partial charge in [-0.25, -0.2) is 0 Å². The zero-order valence-electron chi connectivity index (χ0n) is 9.67. The number of pyridine rings is 1. The molecule has 0 spiro atoms. The van der Waals surface area contributed by atoms with Crippen molar-refractivity contribution in [3.05, 3.63) is 22.8 Å². The molecule has 0 radical (unpaired) electrons. The van der Waals surface area contributed by atoms with Crippen molar-refractivity contribution >= 4 is 23.1 Å². The molecule has 0 aliphatic heterocycles. The average molecular weight is 253 g/mol. The van der Waals surface area contributed by atoms with Gasteiger partial charge in [0.1, 0.15) is 16.5 Å². The van der Waals surface area contributed by atoms with Crippen molar-refractivity contribution in [1.29, 1.82) is 10.8 Å². The van der Waals surface area contributed by atoms with E-state index < -0.39 is 0 Å². The molecule has 5 heteroatoms. The van der Waals surface area contributed by atoms with E-state index in [0.29, 0.717) is 16.7 Å². The second kappa shape index (κ2) is 4.92. The van der Waals surface area contributed by atoms with Crippen LogP contribution in [0.25, 0.3) is 0 Å². The van der Waals surface area contributed by atoms with Gasteiger partial charge in [-0.1, -0.05) is 30.9 Å². The highest BCUT2D eigenvalue weighted by molar-refractivity contribution is 6.30. The Hall–Kier alpha value is -1.29. The number of nitrogens with one attached hydrogen (secondary N) is 2. The molecule has 1 aromatic rings. The first-order chi connectivity index (χ1) is 8.09. The largest absolute Gasteiger partial charge is 0.399 e. The molecule has 0 saturated heterocycles. The van der Waals surface area contributed by atoms with Crippen molar-refractivity contribution < 1.29 is 0 Å². The summed E-state index contributed by atoms with van der Waals surface area (Å²) < 4.78 is 1.48. The van der Waals surface area contributed by atoms with Crippen LogP contribution in [0, 0.1) is 16.7 Å². The fourth-order valence-corrected chi connectivity index (χ4v) is 2.69. The summed E-state index contributed by atoms with van der Waals surface area (Å²) in [6.07, 6.45) is 5.61. The maximum Gasteiger partial charge on any atom is 0.133 e. The highest BCUT2D eigenvalue weighted by Crippen LogP contribution is 2.25. The maximum atomic E-state index is 8.19. The van der Waals surface area contributed by atoms with E-state index in [2.05, 4.69) is 0 Å². The Balaban J connectivity index is 2.33. The quantitative estimate of drug-likeness (QED) is 0.401. The van der Waals surface area contributed by atoms with Crippen molar-refractivity contribution in [2.75, 3.05) is 5.73 Å². The van der Waals surface area contributed by atoms with Gasteiger partial charge in [-0.05, 0) is 18.9 Å². The van der Waals surface area contributed by atoms with Gasteiger partial charge in [0, 0.05) is 17.7 Å². The Kier molecular flexibility index (Phi) is 3.52. The molecule has 4 nitrogen and oxygen atoms in total. The number of aromatic nitrogens is 1. The highest BCUT2D eigenvalue weighted by Gasteiger charge is 2.20. The number of hydrogen-bond donors (Lipinski definition) is 3. The van der Waals surface area contributed by atoms with E-state index in [9.17, 15) is 0 Å². The first-order valence-corrected chi connectivity index (χ1v) is 6.29. The molecule has 0 amide bonds. The molecule has 92 valence electrons. The van der Waals surface area contributed by atoms with Crippen molar-refractivity contribution in [3.63, 3.8) is 0 Å². The molecule has 1 fully saturated rings. The SMILES string of the molecule is N=C(C1CCCCC1)n1c(Cl)cc(N)cc1=N. The molecule has 1 aliphatic rings. The topological polar surface area (TPSA) is 78.7 Å². The van der Waals surface area contributed by atoms with Gasteiger partial charge in [0.25, 0.3) is 0 Å². The Morgan fingerprint density at radius 1 is 1.29 bits per heavy atom. The van der Waals surface area contributed by atoms with Crippen LogP contribution in [0.4, 0.5) is 5.69 Å². The summed E-state index contributed by atoms with van der Waals surface area (Å²) in [5.74, 6) is 0.652. The minimum absolute atomic E-state index is 0.186. The fourth-order valence-electron chi connectivity index (χ4n) is 2.38. The number of nitrogen functional groups attached to an aromatic ring is 1. The lowest BCUT2D eigenvalue weighted by molar-refractivity contribution is 0.431. The van der Waals surface area contributed by atoms with E-state index >= 15 is 0 Å². The molecule has 1 aromatic heterocycles. The van der Waals surface area contributed by atoms with E-state index in [4.69, 9.17) is 28.2 Å². The second-order valence-corrected chi connectivity index (χ2v) is 4.94. The molecule has 4 N–H and O–H groups in total. The lowest BCUT2D eigenvalue weighted by Crippen LogP contribution is -2.33. The Morgan fingerprint density at radius 2 is 1.94 bits per heavy atom. The third kappa shape index (κ3) is 2.52. The summed E-state index contributed by atoms with van der Waals surface area (Å²) >= 11 is 6.07. The van der Waals surface area contributed by atoms with Crippen molar-refractivity contribution in [2.45, 2.75) is 32.1 Å². The van der Waals surface area contributed by atoms with Gasteiger partial charge in [0.05, 0.1) is 0 Å². The minimum atomic E-state index is 0.186. The van der Waals surface area contributed by atoms with E-state index in [1.165, 1.54) is 17.1 Å². The lowest BCUT2D eigenvalue weighted by Gasteiger charge is -2.24. The van der Waals surface area contributed by atoms with Crippen LogP contribution in [-0.4, -0.2) is 10.4 Å². The first-order valence-electron chi connectivity index (χ1n) is 5.91. The summed E-state index contributed by atoms with van der Waals surface area (Å²) in [5, 5.41) is 16.4.